The predicted octanol–water partition coefficient (Wildman–Crippen LogP) is 5.98. The van der Waals surface area contributed by atoms with Crippen LogP contribution in [0.4, 0.5) is 0 Å². The summed E-state index contributed by atoms with van der Waals surface area (Å²) in [5, 5.41) is 10.4. The minimum Gasteiger partial charge on any atom is -0.409 e. The summed E-state index contributed by atoms with van der Waals surface area (Å²) in [5.41, 5.74) is 1.13. The maximum absolute atomic E-state index is 10.2. The van der Waals surface area contributed by atoms with Crippen molar-refractivity contribution in [1.82, 2.24) is 0 Å². The molecule has 0 aromatic heterocycles. The van der Waals surface area contributed by atoms with Gasteiger partial charge in [0.2, 0.25) is 0 Å². The summed E-state index contributed by atoms with van der Waals surface area (Å²) in [6.07, 6.45) is -0.681. The number of hydrogen-bond acceptors (Lipinski definition) is 4. The molecule has 0 aliphatic rings. The van der Waals surface area contributed by atoms with Crippen molar-refractivity contribution in [2.75, 3.05) is 13.2 Å². The van der Waals surface area contributed by atoms with Crippen LogP contribution in [0.25, 0.3) is 0 Å². The largest absolute Gasteiger partial charge is 0.409 e. The second kappa shape index (κ2) is 10.2. The molecule has 0 aliphatic heterocycles. The average Bonchev–Trinajstić information content (AvgIpc) is 2.57. The van der Waals surface area contributed by atoms with E-state index in [9.17, 15) is 5.11 Å². The lowest BCUT2D eigenvalue weighted by Gasteiger charge is -2.44. The van der Waals surface area contributed by atoms with Gasteiger partial charge in [0.1, 0.15) is 0 Å². The summed E-state index contributed by atoms with van der Waals surface area (Å²) in [6.45, 7) is 23.1. The minimum atomic E-state index is -2.06. The minimum absolute atomic E-state index is 0.0623. The Bertz CT molecular complexity index is 604. The molecule has 0 fully saturated rings. The fraction of sp³-hybridized carbons (Fsp3) is 0.739. The number of hydrogen-bond donors (Lipinski definition) is 1. The summed E-state index contributed by atoms with van der Waals surface area (Å²) in [5.74, 6) is 0. The van der Waals surface area contributed by atoms with E-state index in [1.807, 2.05) is 18.2 Å². The molecule has 0 saturated heterocycles. The van der Waals surface area contributed by atoms with E-state index in [1.54, 1.807) is 0 Å². The predicted molar refractivity (Wildman–Crippen MR) is 127 cm³/mol. The third-order valence-corrected chi connectivity index (χ3v) is 15.5. The van der Waals surface area contributed by atoms with Crippen LogP contribution in [0.2, 0.25) is 36.3 Å². The maximum Gasteiger partial charge on any atom is 0.192 e. The van der Waals surface area contributed by atoms with Crippen molar-refractivity contribution < 1.29 is 18.7 Å². The van der Waals surface area contributed by atoms with Gasteiger partial charge in [-0.3, -0.25) is 0 Å². The van der Waals surface area contributed by atoms with Crippen LogP contribution in [0.3, 0.4) is 0 Å². The third-order valence-electron chi connectivity index (χ3n) is 6.49. The second-order valence-electron chi connectivity index (χ2n) is 11.0. The molecule has 0 bridgehead atoms. The number of benzene rings is 1. The van der Waals surface area contributed by atoms with E-state index in [4.69, 9.17) is 13.6 Å². The molecule has 2 atom stereocenters. The van der Waals surface area contributed by atoms with Gasteiger partial charge in [0.15, 0.2) is 16.6 Å². The first-order chi connectivity index (χ1) is 13.1. The molecule has 6 heteroatoms. The van der Waals surface area contributed by atoms with Crippen LogP contribution in [0.15, 0.2) is 30.3 Å². The van der Waals surface area contributed by atoms with Gasteiger partial charge in [-0.1, -0.05) is 71.9 Å². The molecule has 0 radical (unpaired) electrons. The Labute approximate surface area is 181 Å². The standard InChI is InChI=1S/C23H44O4Si2/c1-22(2,3)28(7,8)26-20(16-24)21(27-29(9,10)23(4,5)6)18-25-17-19-14-12-11-13-15-19/h11-15,20-21,24H,16-18H2,1-10H3/t20-,21+/m0/s1. The highest BCUT2D eigenvalue weighted by Gasteiger charge is 2.44. The molecule has 4 nitrogen and oxygen atoms in total. The lowest BCUT2D eigenvalue weighted by molar-refractivity contribution is -0.0478. The second-order valence-corrected chi connectivity index (χ2v) is 20.5. The SMILES string of the molecule is CC(C)(C)[Si](C)(C)O[C@@H](CO)[C@@H](COCc1ccccc1)O[Si](C)(C)C(C)(C)C. The van der Waals surface area contributed by atoms with E-state index in [-0.39, 0.29) is 28.9 Å². The first-order valence-corrected chi connectivity index (χ1v) is 16.5. The zero-order valence-electron chi connectivity index (χ0n) is 20.3. The molecular weight excluding hydrogens is 396 g/mol. The van der Waals surface area contributed by atoms with Gasteiger partial charge in [-0.2, -0.15) is 0 Å². The van der Waals surface area contributed by atoms with Crippen molar-refractivity contribution in [3.05, 3.63) is 35.9 Å². The van der Waals surface area contributed by atoms with Crippen LogP contribution in [-0.2, 0) is 20.2 Å². The molecule has 0 amide bonds. The molecule has 168 valence electrons. The molecular formula is C23H44O4Si2. The molecule has 0 saturated carbocycles. The van der Waals surface area contributed by atoms with Crippen molar-refractivity contribution in [1.29, 1.82) is 0 Å². The molecule has 0 spiro atoms. The summed E-state index contributed by atoms with van der Waals surface area (Å²) >= 11 is 0. The number of rotatable bonds is 10. The van der Waals surface area contributed by atoms with Gasteiger partial charge in [0.25, 0.3) is 0 Å². The van der Waals surface area contributed by atoms with Gasteiger partial charge >= 0.3 is 0 Å². The molecule has 0 aliphatic carbocycles. The fourth-order valence-electron chi connectivity index (χ4n) is 2.43. The van der Waals surface area contributed by atoms with Gasteiger partial charge in [-0.05, 0) is 41.8 Å². The molecule has 0 unspecified atom stereocenters. The van der Waals surface area contributed by atoms with Crippen molar-refractivity contribution in [2.45, 2.75) is 96.6 Å². The van der Waals surface area contributed by atoms with Crippen LogP contribution in [0.1, 0.15) is 47.1 Å². The van der Waals surface area contributed by atoms with Crippen LogP contribution >= 0.6 is 0 Å². The summed E-state index contributed by atoms with van der Waals surface area (Å²) in [4.78, 5) is 0. The quantitative estimate of drug-likeness (QED) is 0.455. The molecule has 0 heterocycles. The highest BCUT2D eigenvalue weighted by atomic mass is 28.4. The Morgan fingerprint density at radius 1 is 0.793 bits per heavy atom. The highest BCUT2D eigenvalue weighted by Crippen LogP contribution is 2.40. The Hall–Kier alpha value is -0.506. The zero-order chi connectivity index (χ0) is 22.5. The van der Waals surface area contributed by atoms with Gasteiger partial charge in [0, 0.05) is 0 Å². The Morgan fingerprint density at radius 3 is 1.66 bits per heavy atom. The molecule has 29 heavy (non-hydrogen) atoms. The van der Waals surface area contributed by atoms with Gasteiger partial charge in [-0.15, -0.1) is 0 Å². The number of ether oxygens (including phenoxy) is 1. The summed E-state index contributed by atoms with van der Waals surface area (Å²) in [7, 11) is -4.11. The van der Waals surface area contributed by atoms with Gasteiger partial charge in [-0.25, -0.2) is 0 Å². The first kappa shape index (κ1) is 26.5. The third kappa shape index (κ3) is 7.92. The maximum atomic E-state index is 10.2. The van der Waals surface area contributed by atoms with Crippen molar-refractivity contribution >= 4 is 16.6 Å². The van der Waals surface area contributed by atoms with Crippen LogP contribution < -0.4 is 0 Å². The van der Waals surface area contributed by atoms with Crippen LogP contribution in [0, 0.1) is 0 Å². The zero-order valence-corrected chi connectivity index (χ0v) is 22.3. The number of aliphatic hydroxyl groups is 1. The lowest BCUT2D eigenvalue weighted by atomic mass is 10.2. The Balaban J connectivity index is 3.00. The lowest BCUT2D eigenvalue weighted by Crippen LogP contribution is -2.54. The Kier molecular flexibility index (Phi) is 9.33. The average molecular weight is 441 g/mol. The van der Waals surface area contributed by atoms with Crippen molar-refractivity contribution in [3.63, 3.8) is 0 Å². The van der Waals surface area contributed by atoms with Crippen LogP contribution in [-0.4, -0.2) is 47.2 Å². The molecule has 1 aromatic carbocycles. The molecule has 1 aromatic rings. The van der Waals surface area contributed by atoms with Gasteiger partial charge in [0.05, 0.1) is 32.0 Å². The van der Waals surface area contributed by atoms with Crippen molar-refractivity contribution in [2.24, 2.45) is 0 Å². The van der Waals surface area contributed by atoms with E-state index in [0.29, 0.717) is 13.2 Å². The van der Waals surface area contributed by atoms with Gasteiger partial charge < -0.3 is 18.7 Å². The smallest absolute Gasteiger partial charge is 0.192 e. The topological polar surface area (TPSA) is 47.9 Å². The van der Waals surface area contributed by atoms with Crippen LogP contribution in [0.5, 0.6) is 0 Å². The first-order valence-electron chi connectivity index (χ1n) is 10.7. The number of aliphatic hydroxyl groups excluding tert-OH is 1. The molecule has 1 N–H and O–H groups in total. The van der Waals surface area contributed by atoms with E-state index in [1.165, 1.54) is 0 Å². The normalized spacial score (nSPS) is 16.0. The highest BCUT2D eigenvalue weighted by molar-refractivity contribution is 6.74. The summed E-state index contributed by atoms with van der Waals surface area (Å²) < 4.78 is 19.3. The molecule has 1 rings (SSSR count). The Morgan fingerprint density at radius 2 is 1.24 bits per heavy atom. The van der Waals surface area contributed by atoms with E-state index in [0.717, 1.165) is 5.56 Å². The van der Waals surface area contributed by atoms with E-state index in [2.05, 4.69) is 79.9 Å². The van der Waals surface area contributed by atoms with E-state index >= 15 is 0 Å². The fourth-order valence-corrected chi connectivity index (χ4v) is 5.09. The van der Waals surface area contributed by atoms with Crippen molar-refractivity contribution in [3.8, 4) is 0 Å². The summed E-state index contributed by atoms with van der Waals surface area (Å²) in [6, 6.07) is 10.1. The monoisotopic (exact) mass is 440 g/mol. The van der Waals surface area contributed by atoms with E-state index < -0.39 is 16.6 Å².